The summed E-state index contributed by atoms with van der Waals surface area (Å²) in [7, 11) is 0. The van der Waals surface area contributed by atoms with Gasteiger partial charge in [0.25, 0.3) is 0 Å². The molecule has 15 heavy (non-hydrogen) atoms. The molecule has 0 aliphatic rings. The number of hydrogen-bond donors (Lipinski definition) is 1. The zero-order valence-electron chi connectivity index (χ0n) is 8.23. The van der Waals surface area contributed by atoms with Crippen LogP contribution in [0.2, 0.25) is 0 Å². The van der Waals surface area contributed by atoms with Gasteiger partial charge in [0.05, 0.1) is 0 Å². The van der Waals surface area contributed by atoms with Crippen LogP contribution in [0.4, 0.5) is 0 Å². The Morgan fingerprint density at radius 2 is 2.13 bits per heavy atom. The topological polar surface area (TPSA) is 65.2 Å². The number of carbonyl (C=O) groups is 1. The Labute approximate surface area is 86.6 Å². The lowest BCUT2D eigenvalue weighted by atomic mass is 10.1. The second-order valence-corrected chi connectivity index (χ2v) is 3.24. The summed E-state index contributed by atoms with van der Waals surface area (Å²) in [5, 5.41) is 1.70. The zero-order chi connectivity index (χ0) is 10.8. The summed E-state index contributed by atoms with van der Waals surface area (Å²) in [4.78, 5) is 19.7. The van der Waals surface area contributed by atoms with Gasteiger partial charge in [-0.2, -0.15) is 5.90 Å². The van der Waals surface area contributed by atoms with E-state index in [1.54, 1.807) is 0 Å². The van der Waals surface area contributed by atoms with Crippen molar-refractivity contribution < 1.29 is 9.63 Å². The van der Waals surface area contributed by atoms with Crippen molar-refractivity contribution in [3.05, 3.63) is 41.7 Å². The third-order valence-electron chi connectivity index (χ3n) is 2.17. The van der Waals surface area contributed by atoms with Gasteiger partial charge in [0.15, 0.2) is 5.69 Å². The lowest BCUT2D eigenvalue weighted by molar-refractivity contribution is 0.0499. The summed E-state index contributed by atoms with van der Waals surface area (Å²) in [5.41, 5.74) is 1.02. The molecule has 1 heterocycles. The molecule has 4 heteroatoms. The molecule has 2 aromatic rings. The molecule has 2 rings (SSSR count). The van der Waals surface area contributed by atoms with Gasteiger partial charge in [-0.3, -0.25) is 0 Å². The number of aryl methyl sites for hydroxylation is 1. The van der Waals surface area contributed by atoms with Gasteiger partial charge in [0.2, 0.25) is 0 Å². The van der Waals surface area contributed by atoms with Crippen molar-refractivity contribution in [2.75, 3.05) is 0 Å². The van der Waals surface area contributed by atoms with Crippen molar-refractivity contribution >= 4 is 16.7 Å². The highest BCUT2D eigenvalue weighted by Crippen LogP contribution is 2.18. The lowest BCUT2D eigenvalue weighted by Crippen LogP contribution is -2.12. The number of aromatic nitrogens is 1. The molecule has 0 aliphatic heterocycles. The molecule has 2 N–H and O–H groups in total. The Morgan fingerprint density at radius 3 is 2.87 bits per heavy atom. The predicted octanol–water partition coefficient (Wildman–Crippen LogP) is 1.57. The average molecular weight is 202 g/mol. The minimum Gasteiger partial charge on any atom is -0.368 e. The molecule has 76 valence electrons. The smallest absolute Gasteiger partial charge is 0.368 e. The Hall–Kier alpha value is -1.94. The van der Waals surface area contributed by atoms with Gasteiger partial charge in [-0.1, -0.05) is 24.3 Å². The Kier molecular flexibility index (Phi) is 2.35. The van der Waals surface area contributed by atoms with Gasteiger partial charge in [0, 0.05) is 11.1 Å². The fourth-order valence-corrected chi connectivity index (χ4v) is 1.54. The molecule has 0 saturated heterocycles. The first-order chi connectivity index (χ1) is 7.22. The van der Waals surface area contributed by atoms with Crippen LogP contribution in [-0.2, 0) is 4.84 Å². The quantitative estimate of drug-likeness (QED) is 0.713. The molecular formula is C11H10N2O2. The SMILES string of the molecule is Cc1cc2ccccc2c(C(=O)ON)n1. The van der Waals surface area contributed by atoms with E-state index in [9.17, 15) is 4.79 Å². The Morgan fingerprint density at radius 1 is 1.40 bits per heavy atom. The summed E-state index contributed by atoms with van der Waals surface area (Å²) in [6, 6.07) is 9.37. The van der Waals surface area contributed by atoms with E-state index in [0.717, 1.165) is 16.5 Å². The first kappa shape index (κ1) is 9.61. The third kappa shape index (κ3) is 1.67. The average Bonchev–Trinajstić information content (AvgIpc) is 2.26. The molecule has 0 aliphatic carbocycles. The molecule has 4 nitrogen and oxygen atoms in total. The van der Waals surface area contributed by atoms with Crippen molar-refractivity contribution in [2.24, 2.45) is 5.90 Å². The van der Waals surface area contributed by atoms with Gasteiger partial charge < -0.3 is 4.84 Å². The highest BCUT2D eigenvalue weighted by Gasteiger charge is 2.12. The summed E-state index contributed by atoms with van der Waals surface area (Å²) >= 11 is 0. The molecule has 0 unspecified atom stereocenters. The van der Waals surface area contributed by atoms with Crippen molar-refractivity contribution in [1.29, 1.82) is 0 Å². The van der Waals surface area contributed by atoms with Gasteiger partial charge in [-0.05, 0) is 18.4 Å². The van der Waals surface area contributed by atoms with Crippen LogP contribution in [0.5, 0.6) is 0 Å². The number of nitrogens with two attached hydrogens (primary N) is 1. The largest absolute Gasteiger partial charge is 0.376 e. The Balaban J connectivity index is 2.76. The maximum atomic E-state index is 11.4. The fourth-order valence-electron chi connectivity index (χ4n) is 1.54. The number of carbonyl (C=O) groups excluding carboxylic acids is 1. The minimum absolute atomic E-state index is 0.258. The zero-order valence-corrected chi connectivity index (χ0v) is 8.23. The highest BCUT2D eigenvalue weighted by atomic mass is 16.7. The molecule has 0 bridgehead atoms. The molecule has 0 atom stereocenters. The summed E-state index contributed by atoms with van der Waals surface area (Å²) in [6.07, 6.45) is 0. The first-order valence-corrected chi connectivity index (χ1v) is 4.50. The van der Waals surface area contributed by atoms with E-state index < -0.39 is 5.97 Å². The molecule has 1 aromatic heterocycles. The number of hydrogen-bond acceptors (Lipinski definition) is 4. The summed E-state index contributed by atoms with van der Waals surface area (Å²) in [5.74, 6) is 4.24. The number of pyridine rings is 1. The number of fused-ring (bicyclic) bond motifs is 1. The van der Waals surface area contributed by atoms with Crippen molar-refractivity contribution in [2.45, 2.75) is 6.92 Å². The van der Waals surface area contributed by atoms with E-state index in [4.69, 9.17) is 5.90 Å². The third-order valence-corrected chi connectivity index (χ3v) is 2.17. The maximum Gasteiger partial charge on any atom is 0.376 e. The van der Waals surface area contributed by atoms with Crippen molar-refractivity contribution in [3.63, 3.8) is 0 Å². The number of nitrogens with zero attached hydrogens (tertiary/aromatic N) is 1. The predicted molar refractivity (Wildman–Crippen MR) is 56.1 cm³/mol. The molecule has 0 amide bonds. The van der Waals surface area contributed by atoms with Crippen LogP contribution in [0.3, 0.4) is 0 Å². The normalized spacial score (nSPS) is 10.3. The standard InChI is InChI=1S/C11H10N2O2/c1-7-6-8-4-2-3-5-9(8)10(13-7)11(14)15-12/h2-6H,12H2,1H3. The number of benzene rings is 1. The molecule has 1 aromatic carbocycles. The molecule has 0 radical (unpaired) electrons. The van der Waals surface area contributed by atoms with E-state index in [1.165, 1.54) is 0 Å². The summed E-state index contributed by atoms with van der Waals surface area (Å²) in [6.45, 7) is 1.82. The Bertz CT molecular complexity index is 523. The van der Waals surface area contributed by atoms with Gasteiger partial charge >= 0.3 is 5.97 Å². The van der Waals surface area contributed by atoms with Crippen LogP contribution < -0.4 is 5.90 Å². The van der Waals surface area contributed by atoms with Crippen molar-refractivity contribution in [3.8, 4) is 0 Å². The van der Waals surface area contributed by atoms with Gasteiger partial charge in [-0.15, -0.1) is 0 Å². The molecule has 0 fully saturated rings. The monoisotopic (exact) mass is 202 g/mol. The molecular weight excluding hydrogens is 192 g/mol. The van der Waals surface area contributed by atoms with E-state index in [1.807, 2.05) is 37.3 Å². The van der Waals surface area contributed by atoms with E-state index >= 15 is 0 Å². The maximum absolute atomic E-state index is 11.4. The second kappa shape index (κ2) is 3.67. The second-order valence-electron chi connectivity index (χ2n) is 3.24. The lowest BCUT2D eigenvalue weighted by Gasteiger charge is -2.04. The van der Waals surface area contributed by atoms with Crippen molar-refractivity contribution in [1.82, 2.24) is 4.98 Å². The molecule has 0 spiro atoms. The highest BCUT2D eigenvalue weighted by molar-refractivity contribution is 6.02. The summed E-state index contributed by atoms with van der Waals surface area (Å²) < 4.78 is 0. The van der Waals surface area contributed by atoms with Crippen LogP contribution in [-0.4, -0.2) is 11.0 Å². The first-order valence-electron chi connectivity index (χ1n) is 4.50. The van der Waals surface area contributed by atoms with E-state index in [0.29, 0.717) is 0 Å². The molecule has 0 saturated carbocycles. The van der Waals surface area contributed by atoms with Crippen LogP contribution in [0.25, 0.3) is 10.8 Å². The van der Waals surface area contributed by atoms with Crippen LogP contribution >= 0.6 is 0 Å². The van der Waals surface area contributed by atoms with Gasteiger partial charge in [0.1, 0.15) is 0 Å². The number of rotatable bonds is 1. The van der Waals surface area contributed by atoms with Gasteiger partial charge in [-0.25, -0.2) is 9.78 Å². The minimum atomic E-state index is -0.616. The van der Waals surface area contributed by atoms with E-state index in [-0.39, 0.29) is 5.69 Å². The van der Waals surface area contributed by atoms with Crippen LogP contribution in [0.1, 0.15) is 16.2 Å². The van der Waals surface area contributed by atoms with E-state index in [2.05, 4.69) is 9.82 Å². The van der Waals surface area contributed by atoms with Crippen LogP contribution in [0, 0.1) is 6.92 Å². The fraction of sp³-hybridized carbons (Fsp3) is 0.0909. The van der Waals surface area contributed by atoms with Crippen LogP contribution in [0.15, 0.2) is 30.3 Å².